The number of piperidine rings is 1. The van der Waals surface area contributed by atoms with Crippen LogP contribution in [0.15, 0.2) is 45.7 Å². The predicted molar refractivity (Wildman–Crippen MR) is 143 cm³/mol. The highest BCUT2D eigenvalue weighted by molar-refractivity contribution is 7.91. The molecule has 0 saturated carbocycles. The van der Waals surface area contributed by atoms with Gasteiger partial charge < -0.3 is 19.8 Å². The van der Waals surface area contributed by atoms with E-state index in [-0.39, 0.29) is 49.3 Å². The zero-order valence-electron chi connectivity index (χ0n) is 21.9. The largest absolute Gasteiger partial charge is 0.420 e. The van der Waals surface area contributed by atoms with Gasteiger partial charge in [0.15, 0.2) is 9.84 Å². The van der Waals surface area contributed by atoms with Gasteiger partial charge in [0.25, 0.3) is 11.8 Å². The van der Waals surface area contributed by atoms with Crippen molar-refractivity contribution in [3.63, 3.8) is 0 Å². The average molecular weight is 614 g/mol. The summed E-state index contributed by atoms with van der Waals surface area (Å²) in [7, 11) is -2.69. The summed E-state index contributed by atoms with van der Waals surface area (Å²) in [6, 6.07) is 7.05. The lowest BCUT2D eigenvalue weighted by atomic mass is 9.95. The number of sulfone groups is 1. The van der Waals surface area contributed by atoms with Crippen LogP contribution in [0.1, 0.15) is 23.8 Å². The molecule has 2 aromatic carbocycles. The van der Waals surface area contributed by atoms with Gasteiger partial charge in [0.05, 0.1) is 53.6 Å². The molecule has 0 spiro atoms. The standard InChI is InChI=1S/C26H27ClF3N5O5S/c1-39-7-6-34-12-16(10-26(29,30)14-34)23-32-33-24(40-23)18-8-21-22(9-19(18)28)41(37,38)13-20(31)25(36)35(21)11-15-2-4-17(27)5-3-15/h2-5,8-9,16,20H,6-7,10-14,31H2,1H3/t16?,20-/m0/s1. The normalized spacial score (nSPS) is 22.4. The molecule has 41 heavy (non-hydrogen) atoms. The lowest BCUT2D eigenvalue weighted by molar-refractivity contribution is -0.119. The molecule has 3 aromatic rings. The van der Waals surface area contributed by atoms with Gasteiger partial charge in [-0.1, -0.05) is 23.7 Å². The van der Waals surface area contributed by atoms with Crippen LogP contribution in [0.3, 0.4) is 0 Å². The maximum absolute atomic E-state index is 15.4. The van der Waals surface area contributed by atoms with E-state index in [1.807, 2.05) is 0 Å². The van der Waals surface area contributed by atoms with Gasteiger partial charge >= 0.3 is 0 Å². The monoisotopic (exact) mass is 613 g/mol. The number of ether oxygens (including phenoxy) is 1. The first-order valence-corrected chi connectivity index (χ1v) is 14.7. The second kappa shape index (κ2) is 11.3. The van der Waals surface area contributed by atoms with E-state index < -0.39 is 63.1 Å². The van der Waals surface area contributed by atoms with Crippen molar-refractivity contribution in [3.8, 4) is 11.5 Å². The summed E-state index contributed by atoms with van der Waals surface area (Å²) in [5.74, 6) is -6.71. The maximum atomic E-state index is 15.4. The molecular formula is C26H27ClF3N5O5S. The number of rotatable bonds is 7. The summed E-state index contributed by atoms with van der Waals surface area (Å²) in [5.41, 5.74) is 6.14. The van der Waals surface area contributed by atoms with E-state index in [9.17, 15) is 22.0 Å². The molecule has 1 amide bonds. The van der Waals surface area contributed by atoms with Gasteiger partial charge in [0.2, 0.25) is 11.8 Å². The van der Waals surface area contributed by atoms with Gasteiger partial charge in [-0.25, -0.2) is 21.6 Å². The number of methoxy groups -OCH3 is 1. The molecule has 0 radical (unpaired) electrons. The number of likely N-dealkylation sites (tertiary alicyclic amines) is 1. The van der Waals surface area contributed by atoms with Crippen molar-refractivity contribution < 1.29 is 35.5 Å². The first-order valence-electron chi connectivity index (χ1n) is 12.7. The Morgan fingerprint density at radius 3 is 2.66 bits per heavy atom. The van der Waals surface area contributed by atoms with E-state index in [1.54, 1.807) is 24.3 Å². The first kappa shape index (κ1) is 29.5. The van der Waals surface area contributed by atoms with Crippen molar-refractivity contribution in [1.82, 2.24) is 15.1 Å². The number of anilines is 1. The lowest BCUT2D eigenvalue weighted by Crippen LogP contribution is -2.47. The number of carbonyl (C=O) groups excluding carboxylic acids is 1. The minimum atomic E-state index is -4.17. The van der Waals surface area contributed by atoms with Gasteiger partial charge in [-0.15, -0.1) is 10.2 Å². The molecule has 2 N–H and O–H groups in total. The quantitative estimate of drug-likeness (QED) is 0.426. The number of alkyl halides is 2. The number of carbonyl (C=O) groups is 1. The lowest BCUT2D eigenvalue weighted by Gasteiger charge is -2.36. The van der Waals surface area contributed by atoms with Gasteiger partial charge in [0, 0.05) is 31.6 Å². The van der Waals surface area contributed by atoms with E-state index in [1.165, 1.54) is 12.0 Å². The van der Waals surface area contributed by atoms with E-state index in [0.29, 0.717) is 10.6 Å². The fraction of sp³-hybridized carbons (Fsp3) is 0.423. The van der Waals surface area contributed by atoms with Crippen molar-refractivity contribution in [2.75, 3.05) is 44.0 Å². The number of hydrogen-bond acceptors (Lipinski definition) is 9. The molecule has 10 nitrogen and oxygen atoms in total. The summed E-state index contributed by atoms with van der Waals surface area (Å²) in [6.45, 7) is 0.210. The Labute approximate surface area is 239 Å². The zero-order chi connectivity index (χ0) is 29.5. The number of halogens is 4. The van der Waals surface area contributed by atoms with E-state index in [0.717, 1.165) is 17.0 Å². The Balaban J connectivity index is 1.53. The molecule has 5 rings (SSSR count). The first-order chi connectivity index (χ1) is 19.4. The molecule has 1 unspecified atom stereocenters. The Kier molecular flexibility index (Phi) is 8.14. The molecule has 3 heterocycles. The van der Waals surface area contributed by atoms with Crippen molar-refractivity contribution in [1.29, 1.82) is 0 Å². The number of amides is 1. The van der Waals surface area contributed by atoms with Crippen LogP contribution < -0.4 is 10.6 Å². The van der Waals surface area contributed by atoms with Crippen molar-refractivity contribution in [2.24, 2.45) is 5.73 Å². The molecule has 2 aliphatic rings. The molecule has 1 saturated heterocycles. The van der Waals surface area contributed by atoms with E-state index >= 15 is 4.39 Å². The van der Waals surface area contributed by atoms with E-state index in [4.69, 9.17) is 26.5 Å². The number of hydrogen-bond donors (Lipinski definition) is 1. The Morgan fingerprint density at radius 2 is 1.95 bits per heavy atom. The fourth-order valence-electron chi connectivity index (χ4n) is 5.08. The minimum absolute atomic E-state index is 0.0825. The Bertz CT molecular complexity index is 1550. The highest BCUT2D eigenvalue weighted by Crippen LogP contribution is 2.39. The summed E-state index contributed by atoms with van der Waals surface area (Å²) in [6.07, 6.45) is -0.537. The summed E-state index contributed by atoms with van der Waals surface area (Å²) in [5, 5.41) is 8.26. The van der Waals surface area contributed by atoms with E-state index in [2.05, 4.69) is 10.2 Å². The number of benzene rings is 2. The topological polar surface area (TPSA) is 132 Å². The number of aromatic nitrogens is 2. The van der Waals surface area contributed by atoms with Crippen LogP contribution in [0.25, 0.3) is 11.5 Å². The van der Waals surface area contributed by atoms with Crippen LogP contribution in [0, 0.1) is 5.82 Å². The van der Waals surface area contributed by atoms with Crippen LogP contribution in [0.4, 0.5) is 18.9 Å². The molecule has 0 bridgehead atoms. The molecular weight excluding hydrogens is 587 g/mol. The third-order valence-corrected chi connectivity index (χ3v) is 9.07. The number of fused-ring (bicyclic) bond motifs is 1. The highest BCUT2D eigenvalue weighted by atomic mass is 35.5. The number of nitrogens with zero attached hydrogens (tertiary/aromatic N) is 4. The third-order valence-electron chi connectivity index (χ3n) is 7.02. The average Bonchev–Trinajstić information content (AvgIpc) is 3.38. The highest BCUT2D eigenvalue weighted by Gasteiger charge is 2.43. The smallest absolute Gasteiger partial charge is 0.261 e. The van der Waals surface area contributed by atoms with Crippen LogP contribution in [-0.2, 0) is 25.9 Å². The van der Waals surface area contributed by atoms with Gasteiger partial charge in [0.1, 0.15) is 5.82 Å². The molecule has 1 fully saturated rings. The molecule has 2 aliphatic heterocycles. The summed E-state index contributed by atoms with van der Waals surface area (Å²) in [4.78, 5) is 15.5. The molecule has 2 atom stereocenters. The summed E-state index contributed by atoms with van der Waals surface area (Å²) >= 11 is 5.97. The third kappa shape index (κ3) is 6.26. The van der Waals surface area contributed by atoms with Gasteiger partial charge in [-0.3, -0.25) is 9.69 Å². The Morgan fingerprint density at radius 1 is 1.22 bits per heavy atom. The van der Waals surface area contributed by atoms with Crippen LogP contribution in [0.2, 0.25) is 5.02 Å². The summed E-state index contributed by atoms with van der Waals surface area (Å²) < 4.78 is 81.2. The second-order valence-corrected chi connectivity index (χ2v) is 12.6. The van der Waals surface area contributed by atoms with Crippen molar-refractivity contribution in [2.45, 2.75) is 35.7 Å². The van der Waals surface area contributed by atoms with Crippen LogP contribution >= 0.6 is 11.6 Å². The van der Waals surface area contributed by atoms with Gasteiger partial charge in [-0.05, 0) is 29.8 Å². The molecule has 15 heteroatoms. The van der Waals surface area contributed by atoms with Crippen LogP contribution in [0.5, 0.6) is 0 Å². The van der Waals surface area contributed by atoms with Crippen molar-refractivity contribution in [3.05, 3.63) is 58.7 Å². The fourth-order valence-corrected chi connectivity index (χ4v) is 6.77. The molecule has 1 aromatic heterocycles. The molecule has 220 valence electrons. The number of nitrogens with two attached hydrogens (primary N) is 1. The van der Waals surface area contributed by atoms with Gasteiger partial charge in [-0.2, -0.15) is 0 Å². The predicted octanol–water partition coefficient (Wildman–Crippen LogP) is 3.25. The SMILES string of the molecule is COCCN1CC(c2nnc(-c3cc4c(cc3F)S(=O)(=O)C[C@H](N)C(=O)N4Cc3ccc(Cl)cc3)o2)CC(F)(F)C1. The van der Waals surface area contributed by atoms with Crippen molar-refractivity contribution >= 4 is 33.0 Å². The molecule has 0 aliphatic carbocycles. The minimum Gasteiger partial charge on any atom is -0.420 e. The zero-order valence-corrected chi connectivity index (χ0v) is 23.5. The van der Waals surface area contributed by atoms with Crippen LogP contribution in [-0.4, -0.2) is 80.5 Å². The maximum Gasteiger partial charge on any atom is 0.261 e. The Hall–Kier alpha value is -3.04. The second-order valence-electron chi connectivity index (χ2n) is 10.2.